The fourth-order valence-electron chi connectivity index (χ4n) is 5.34. The van der Waals surface area contributed by atoms with Crippen molar-refractivity contribution in [3.8, 4) is 17.2 Å². The molecule has 1 aromatic heterocycles. The molecule has 3 aromatic rings. The highest BCUT2D eigenvalue weighted by Gasteiger charge is 2.56. The van der Waals surface area contributed by atoms with Crippen LogP contribution in [0.2, 0.25) is 5.02 Å². The number of rotatable bonds is 7. The number of allylic oxidation sites excluding steroid dienone is 1. The van der Waals surface area contributed by atoms with Crippen molar-refractivity contribution in [1.82, 2.24) is 10.2 Å². The van der Waals surface area contributed by atoms with Gasteiger partial charge < -0.3 is 25.4 Å². The van der Waals surface area contributed by atoms with E-state index >= 15 is 4.39 Å². The summed E-state index contributed by atoms with van der Waals surface area (Å²) in [5.74, 6) is -2.97. The van der Waals surface area contributed by atoms with E-state index in [-0.39, 0.29) is 43.2 Å². The van der Waals surface area contributed by atoms with E-state index < -0.39 is 23.5 Å². The van der Waals surface area contributed by atoms with Crippen LogP contribution in [0.3, 0.4) is 0 Å². The Morgan fingerprint density at radius 2 is 2.00 bits per heavy atom. The molecule has 5 rings (SSSR count). The lowest BCUT2D eigenvalue weighted by molar-refractivity contribution is 0.0972. The summed E-state index contributed by atoms with van der Waals surface area (Å²) in [5.41, 5.74) is 7.26. The van der Waals surface area contributed by atoms with Gasteiger partial charge >= 0.3 is 0 Å². The predicted octanol–water partition coefficient (Wildman–Crippen LogP) is 8.66. The number of benzene rings is 2. The van der Waals surface area contributed by atoms with Gasteiger partial charge in [0.1, 0.15) is 28.5 Å². The normalized spacial score (nSPS) is 18.2. The molecular weight excluding hydrogens is 666 g/mol. The minimum atomic E-state index is -2.38. The number of nitrogens with one attached hydrogen (secondary N) is 1. The zero-order valence-corrected chi connectivity index (χ0v) is 29.6. The third-order valence-electron chi connectivity index (χ3n) is 8.06. The van der Waals surface area contributed by atoms with Crippen LogP contribution in [0.4, 0.5) is 22.6 Å². The summed E-state index contributed by atoms with van der Waals surface area (Å²) in [6.45, 7) is 12.4. The summed E-state index contributed by atoms with van der Waals surface area (Å²) < 4.78 is 66.7. The Morgan fingerprint density at radius 1 is 1.29 bits per heavy atom. The van der Waals surface area contributed by atoms with E-state index in [1.165, 1.54) is 19.2 Å². The third-order valence-corrected chi connectivity index (χ3v) is 9.39. The van der Waals surface area contributed by atoms with E-state index in [2.05, 4.69) is 5.32 Å². The molecule has 1 saturated heterocycles. The van der Waals surface area contributed by atoms with Gasteiger partial charge in [0.15, 0.2) is 0 Å². The van der Waals surface area contributed by atoms with Crippen LogP contribution in [0.15, 0.2) is 35.2 Å². The number of nitrogen functional groups attached to an aromatic ring is 1. The van der Waals surface area contributed by atoms with E-state index in [9.17, 15) is 18.4 Å². The van der Waals surface area contributed by atoms with Gasteiger partial charge in [-0.25, -0.2) is 17.6 Å². The number of hydrogen-bond acceptors (Lipinski definition) is 7. The Morgan fingerprint density at radius 3 is 2.60 bits per heavy atom. The summed E-state index contributed by atoms with van der Waals surface area (Å²) in [5, 5.41) is 13.3. The maximum atomic E-state index is 16.2. The zero-order valence-electron chi connectivity index (χ0n) is 28.1. The summed E-state index contributed by atoms with van der Waals surface area (Å²) >= 11 is 7.70. The lowest BCUT2D eigenvalue weighted by atomic mass is 9.94. The van der Waals surface area contributed by atoms with Gasteiger partial charge in [-0.1, -0.05) is 24.6 Å². The summed E-state index contributed by atoms with van der Waals surface area (Å²) in [7, 11) is 1.54. The van der Waals surface area contributed by atoms with Gasteiger partial charge in [0, 0.05) is 60.6 Å². The topological polar surface area (TPSA) is 95.9 Å². The number of thiophene rings is 1. The highest BCUT2D eigenvalue weighted by atomic mass is 35.5. The molecule has 1 unspecified atom stereocenters. The number of nitrogens with zero attached hydrogens (tertiary/aromatic N) is 3. The van der Waals surface area contributed by atoms with Gasteiger partial charge in [0.25, 0.3) is 5.92 Å². The number of hydrogen-bond donors (Lipinski definition) is 2. The Labute approximate surface area is 288 Å². The molecule has 260 valence electrons. The maximum absolute atomic E-state index is 16.2. The average Bonchev–Trinajstić information content (AvgIpc) is 3.62. The minimum absolute atomic E-state index is 0.0430. The van der Waals surface area contributed by atoms with Crippen molar-refractivity contribution in [3.63, 3.8) is 0 Å². The molecule has 7 nitrogen and oxygen atoms in total. The number of ether oxygens (including phenoxy) is 2. The van der Waals surface area contributed by atoms with Crippen LogP contribution in [0.25, 0.3) is 21.2 Å². The Kier molecular flexibility index (Phi) is 12.1. The third kappa shape index (κ3) is 8.61. The second-order valence-electron chi connectivity index (χ2n) is 12.8. The van der Waals surface area contributed by atoms with Crippen LogP contribution in [0.1, 0.15) is 63.6 Å². The minimum Gasteiger partial charge on any atom is -0.481 e. The molecule has 1 aliphatic heterocycles. The molecule has 2 fully saturated rings. The molecule has 1 saturated carbocycles. The van der Waals surface area contributed by atoms with Gasteiger partial charge in [-0.3, -0.25) is 0 Å². The molecule has 0 spiro atoms. The molecule has 1 atom stereocenters. The Balaban J connectivity index is 0.000000401. The van der Waals surface area contributed by atoms with Gasteiger partial charge in [0.2, 0.25) is 5.88 Å². The molecule has 3 N–H and O–H groups in total. The van der Waals surface area contributed by atoms with Gasteiger partial charge in [-0.2, -0.15) is 10.3 Å². The number of fused-ring (bicyclic) bond motifs is 1. The quantitative estimate of drug-likeness (QED) is 0.110. The SMILES string of the molecule is CC(C)(C)NCC1CC1(F)F.CC/C=C(/N=C(\c1cc(Cl)c(-c2ccc(F)c3sc(N)c(C#N)c23)c(F)c1C)N1CCCOCC1)OC. The fraction of sp³-hybridized carbons (Fsp3) is 0.486. The number of methoxy groups -OCH3 is 1. The lowest BCUT2D eigenvalue weighted by Gasteiger charge is -2.26. The largest absolute Gasteiger partial charge is 0.481 e. The smallest absolute Gasteiger partial charge is 0.252 e. The standard InChI is InChI=1S/C27H27ClF2N4O2S.C8H15F2N/c1-4-6-21(35-3)33-27(34-9-5-11-36-12-10-34)17-13-19(28)23(24(30)15(17)2)16-7-8-20(29)25-22(16)18(14-31)26(32)37-25;1-7(2,3)11-5-6-4-8(6,9)10/h6-8,13H,4-5,9-12,32H2,1-3H3;6,11H,4-5H2,1-3H3/b21-6-,33-27+;. The van der Waals surface area contributed by atoms with Crippen molar-refractivity contribution in [2.24, 2.45) is 10.9 Å². The molecular formula is C35H42ClF4N5O2S. The van der Waals surface area contributed by atoms with Crippen LogP contribution in [-0.4, -0.2) is 62.2 Å². The molecule has 0 radical (unpaired) electrons. The first-order valence-electron chi connectivity index (χ1n) is 15.8. The maximum Gasteiger partial charge on any atom is 0.252 e. The van der Waals surface area contributed by atoms with E-state index in [0.29, 0.717) is 67.7 Å². The van der Waals surface area contributed by atoms with E-state index in [1.54, 1.807) is 13.0 Å². The van der Waals surface area contributed by atoms with Crippen molar-refractivity contribution in [2.45, 2.75) is 65.3 Å². The summed E-state index contributed by atoms with van der Waals surface area (Å²) in [6.07, 6.45) is 3.41. The van der Waals surface area contributed by atoms with Crippen molar-refractivity contribution >= 4 is 43.9 Å². The fourth-order valence-corrected chi connectivity index (χ4v) is 6.58. The van der Waals surface area contributed by atoms with Gasteiger partial charge in [-0.05, 0) is 69.9 Å². The molecule has 2 aromatic carbocycles. The monoisotopic (exact) mass is 707 g/mol. The zero-order chi connectivity index (χ0) is 35.4. The lowest BCUT2D eigenvalue weighted by Crippen LogP contribution is -2.37. The predicted molar refractivity (Wildman–Crippen MR) is 186 cm³/mol. The second kappa shape index (κ2) is 15.5. The van der Waals surface area contributed by atoms with E-state index in [1.807, 2.05) is 44.7 Å². The van der Waals surface area contributed by atoms with Gasteiger partial charge in [-0.15, -0.1) is 11.3 Å². The van der Waals surface area contributed by atoms with Crippen molar-refractivity contribution in [2.75, 3.05) is 45.7 Å². The van der Waals surface area contributed by atoms with Crippen LogP contribution in [-0.2, 0) is 9.47 Å². The molecule has 1 aliphatic carbocycles. The molecule has 2 aliphatic rings. The second-order valence-corrected chi connectivity index (χ2v) is 14.3. The summed E-state index contributed by atoms with van der Waals surface area (Å²) in [4.78, 5) is 6.79. The highest BCUT2D eigenvalue weighted by molar-refractivity contribution is 7.23. The van der Waals surface area contributed by atoms with Crippen molar-refractivity contribution in [1.29, 1.82) is 5.26 Å². The number of nitriles is 1. The number of alkyl halides is 2. The van der Waals surface area contributed by atoms with Crippen LogP contribution in [0.5, 0.6) is 0 Å². The van der Waals surface area contributed by atoms with E-state index in [4.69, 9.17) is 31.8 Å². The molecule has 48 heavy (non-hydrogen) atoms. The highest BCUT2D eigenvalue weighted by Crippen LogP contribution is 2.48. The molecule has 13 heteroatoms. The molecule has 0 amide bonds. The Bertz CT molecular complexity index is 1740. The van der Waals surface area contributed by atoms with Crippen LogP contribution >= 0.6 is 22.9 Å². The number of anilines is 1. The number of halogens is 5. The van der Waals surface area contributed by atoms with Gasteiger partial charge in [0.05, 0.1) is 29.0 Å². The molecule has 2 heterocycles. The number of aliphatic imine (C=N–C) groups is 1. The first-order valence-corrected chi connectivity index (χ1v) is 17.0. The summed E-state index contributed by atoms with van der Waals surface area (Å²) in [6, 6.07) is 6.35. The van der Waals surface area contributed by atoms with Crippen molar-refractivity contribution < 1.29 is 27.0 Å². The first-order chi connectivity index (χ1) is 22.6. The number of nitrogens with two attached hydrogens (primary N) is 1. The van der Waals surface area contributed by atoms with Crippen molar-refractivity contribution in [3.05, 3.63) is 63.5 Å². The van der Waals surface area contributed by atoms with E-state index in [0.717, 1.165) is 17.8 Å². The molecule has 0 bridgehead atoms. The number of amidine groups is 1. The van der Waals surface area contributed by atoms with Crippen LogP contribution in [0, 0.1) is 35.8 Å². The average molecular weight is 708 g/mol. The first kappa shape index (κ1) is 37.4. The Hall–Kier alpha value is -3.37. The van der Waals surface area contributed by atoms with Crippen LogP contribution < -0.4 is 11.1 Å².